The van der Waals surface area contributed by atoms with Gasteiger partial charge >= 0.3 is 12.5 Å². The summed E-state index contributed by atoms with van der Waals surface area (Å²) in [4.78, 5) is 25.6. The van der Waals surface area contributed by atoms with E-state index < -0.39 is 22.5 Å². The zero-order valence-electron chi connectivity index (χ0n) is 20.3. The number of sulfonamides is 1. The minimum absolute atomic E-state index is 0.0231. The van der Waals surface area contributed by atoms with E-state index in [-0.39, 0.29) is 47.9 Å². The summed E-state index contributed by atoms with van der Waals surface area (Å²) in [7, 11) is -2.39. The number of Topliss-reactive ketones (excluding diaryl/α,β-unsaturated/α-hetero) is 1. The van der Waals surface area contributed by atoms with Crippen molar-refractivity contribution in [3.05, 3.63) is 58.7 Å². The maximum Gasteiger partial charge on any atom is 0.573 e. The minimum Gasteiger partial charge on any atom is -0.465 e. The highest BCUT2D eigenvalue weighted by atomic mass is 32.2. The van der Waals surface area contributed by atoms with Gasteiger partial charge in [0.2, 0.25) is 10.0 Å². The summed E-state index contributed by atoms with van der Waals surface area (Å²) < 4.78 is 69.1. The topological polar surface area (TPSA) is 113 Å². The molecular weight excluding hydrogens is 513 g/mol. The highest BCUT2D eigenvalue weighted by molar-refractivity contribution is 7.89. The molecule has 0 atom stereocenters. The minimum atomic E-state index is -4.86. The van der Waals surface area contributed by atoms with Gasteiger partial charge in [-0.3, -0.25) is 4.79 Å². The molecule has 12 heteroatoms. The summed E-state index contributed by atoms with van der Waals surface area (Å²) in [5, 5.41) is 9.50. The average molecular weight is 543 g/mol. The van der Waals surface area contributed by atoms with Crippen molar-refractivity contribution >= 4 is 21.9 Å². The molecule has 0 bridgehead atoms. The molecule has 8 nitrogen and oxygen atoms in total. The molecule has 0 aromatic heterocycles. The highest BCUT2D eigenvalue weighted by Crippen LogP contribution is 2.31. The molecule has 3 rings (SSSR count). The summed E-state index contributed by atoms with van der Waals surface area (Å²) in [6, 6.07) is 8.70. The maximum atomic E-state index is 12.8. The fraction of sp³-hybridized carbons (Fsp3) is 0.440. The Hall–Kier alpha value is -3.12. The lowest BCUT2D eigenvalue weighted by molar-refractivity contribution is -0.274. The number of ketones is 1. The number of carbonyl (C=O) groups is 2. The van der Waals surface area contributed by atoms with Crippen LogP contribution in [-0.2, 0) is 29.3 Å². The molecule has 1 aliphatic carbocycles. The van der Waals surface area contributed by atoms with E-state index in [2.05, 4.69) is 9.46 Å². The number of aryl methyl sites for hydroxylation is 1. The first kappa shape index (κ1) is 28.5. The number of para-hydroxylation sites is 1. The van der Waals surface area contributed by atoms with Gasteiger partial charge < -0.3 is 14.7 Å². The van der Waals surface area contributed by atoms with E-state index in [1.165, 1.54) is 31.3 Å². The Bertz CT molecular complexity index is 1250. The number of fused-ring (bicyclic) bond motifs is 1. The lowest BCUT2D eigenvalue weighted by Crippen LogP contribution is -2.32. The Morgan fingerprint density at radius 1 is 1.11 bits per heavy atom. The van der Waals surface area contributed by atoms with Crippen LogP contribution in [0.15, 0.2) is 41.3 Å². The Morgan fingerprint density at radius 3 is 2.51 bits per heavy atom. The van der Waals surface area contributed by atoms with Gasteiger partial charge in [-0.25, -0.2) is 17.9 Å². The standard InChI is InChI=1S/C25H29F3N2O6S/c1-29-37(34,35)23-16-19(15-18-8-6-9-20(18)23)21(31)10-4-5-13-30(24(32)33)14-12-17-7-2-3-11-22(17)36-25(26,27)28/h2-3,7,11,15-16,29H,4-6,8-10,12-14H2,1H3,(H,32,33). The molecular formula is C25H29F3N2O6S. The fourth-order valence-corrected chi connectivity index (χ4v) is 5.46. The quantitative estimate of drug-likeness (QED) is 0.300. The van der Waals surface area contributed by atoms with Crippen molar-refractivity contribution in [1.29, 1.82) is 0 Å². The van der Waals surface area contributed by atoms with Crippen molar-refractivity contribution in [1.82, 2.24) is 9.62 Å². The van der Waals surface area contributed by atoms with Crippen molar-refractivity contribution in [2.75, 3.05) is 20.1 Å². The van der Waals surface area contributed by atoms with Gasteiger partial charge in [0.1, 0.15) is 5.75 Å². The Morgan fingerprint density at radius 2 is 1.84 bits per heavy atom. The Balaban J connectivity index is 1.57. The number of carbonyl (C=O) groups excluding carboxylic acids is 1. The van der Waals surface area contributed by atoms with Gasteiger partial charge in [0.15, 0.2) is 5.78 Å². The third-order valence-electron chi connectivity index (χ3n) is 6.26. The van der Waals surface area contributed by atoms with E-state index in [9.17, 15) is 36.3 Å². The molecule has 202 valence electrons. The predicted octanol–water partition coefficient (Wildman–Crippen LogP) is 4.56. The number of hydrogen-bond donors (Lipinski definition) is 2. The summed E-state index contributed by atoms with van der Waals surface area (Å²) >= 11 is 0. The number of unbranched alkanes of at least 4 members (excludes halogenated alkanes) is 1. The van der Waals surface area contributed by atoms with E-state index in [0.717, 1.165) is 22.4 Å². The molecule has 2 aromatic rings. The van der Waals surface area contributed by atoms with Gasteiger partial charge in [0.05, 0.1) is 4.90 Å². The average Bonchev–Trinajstić information content (AvgIpc) is 3.31. The Labute approximate surface area is 213 Å². The molecule has 0 unspecified atom stereocenters. The number of nitrogens with one attached hydrogen (secondary N) is 1. The first-order valence-corrected chi connectivity index (χ1v) is 13.3. The van der Waals surface area contributed by atoms with Crippen molar-refractivity contribution in [3.8, 4) is 5.75 Å². The SMILES string of the molecule is CNS(=O)(=O)c1cc(C(=O)CCCCN(CCc2ccccc2OC(F)(F)F)C(=O)O)cc2c1CCC2. The number of benzene rings is 2. The van der Waals surface area contributed by atoms with E-state index in [4.69, 9.17) is 0 Å². The van der Waals surface area contributed by atoms with Crippen LogP contribution in [0.3, 0.4) is 0 Å². The summed E-state index contributed by atoms with van der Waals surface area (Å²) in [5.74, 6) is -0.609. The van der Waals surface area contributed by atoms with Crippen LogP contribution in [0.4, 0.5) is 18.0 Å². The molecule has 0 fully saturated rings. The number of rotatable bonds is 12. The molecule has 37 heavy (non-hydrogen) atoms. The predicted molar refractivity (Wildman–Crippen MR) is 129 cm³/mol. The molecule has 0 aliphatic heterocycles. The highest BCUT2D eigenvalue weighted by Gasteiger charge is 2.32. The second-order valence-electron chi connectivity index (χ2n) is 8.73. The third kappa shape index (κ3) is 7.68. The molecule has 0 radical (unpaired) electrons. The van der Waals surface area contributed by atoms with Gasteiger partial charge in [-0.2, -0.15) is 0 Å². The van der Waals surface area contributed by atoms with Gasteiger partial charge in [-0.05, 0) is 80.5 Å². The molecule has 0 saturated heterocycles. The molecule has 0 heterocycles. The summed E-state index contributed by atoms with van der Waals surface area (Å²) in [5.41, 5.74) is 2.13. The van der Waals surface area contributed by atoms with Gasteiger partial charge in [-0.1, -0.05) is 18.2 Å². The lowest BCUT2D eigenvalue weighted by Gasteiger charge is -2.20. The maximum absolute atomic E-state index is 12.8. The van der Waals surface area contributed by atoms with Crippen LogP contribution in [0.25, 0.3) is 0 Å². The van der Waals surface area contributed by atoms with Crippen LogP contribution in [-0.4, -0.2) is 56.8 Å². The molecule has 0 spiro atoms. The van der Waals surface area contributed by atoms with E-state index in [1.54, 1.807) is 12.1 Å². The number of nitrogens with zero attached hydrogens (tertiary/aromatic N) is 1. The van der Waals surface area contributed by atoms with E-state index >= 15 is 0 Å². The number of hydrogen-bond acceptors (Lipinski definition) is 5. The van der Waals surface area contributed by atoms with Crippen LogP contribution in [0.2, 0.25) is 0 Å². The fourth-order valence-electron chi connectivity index (χ4n) is 4.40. The first-order valence-electron chi connectivity index (χ1n) is 11.9. The normalized spacial score (nSPS) is 13.3. The number of halogens is 3. The van der Waals surface area contributed by atoms with Gasteiger partial charge in [-0.15, -0.1) is 13.2 Å². The van der Waals surface area contributed by atoms with E-state index in [0.29, 0.717) is 31.2 Å². The van der Waals surface area contributed by atoms with Crippen molar-refractivity contribution in [3.63, 3.8) is 0 Å². The van der Waals surface area contributed by atoms with Crippen LogP contribution < -0.4 is 9.46 Å². The monoisotopic (exact) mass is 542 g/mol. The lowest BCUT2D eigenvalue weighted by atomic mass is 10.0. The summed E-state index contributed by atoms with van der Waals surface area (Å²) in [6.45, 7) is 0.0477. The van der Waals surface area contributed by atoms with Crippen molar-refractivity contribution in [2.45, 2.75) is 56.2 Å². The van der Waals surface area contributed by atoms with Gasteiger partial charge in [0, 0.05) is 25.1 Å². The van der Waals surface area contributed by atoms with Crippen LogP contribution in [0.5, 0.6) is 5.75 Å². The molecule has 1 amide bonds. The molecule has 2 aromatic carbocycles. The second-order valence-corrected chi connectivity index (χ2v) is 10.6. The van der Waals surface area contributed by atoms with E-state index in [1.807, 2.05) is 0 Å². The van der Waals surface area contributed by atoms with Crippen LogP contribution >= 0.6 is 0 Å². The molecule has 0 saturated carbocycles. The zero-order valence-corrected chi connectivity index (χ0v) is 21.1. The largest absolute Gasteiger partial charge is 0.573 e. The molecule has 2 N–H and O–H groups in total. The van der Waals surface area contributed by atoms with Crippen molar-refractivity contribution < 1.29 is 41.0 Å². The number of ether oxygens (including phenoxy) is 1. The number of alkyl halides is 3. The molecule has 1 aliphatic rings. The van der Waals surface area contributed by atoms with Crippen molar-refractivity contribution in [2.24, 2.45) is 0 Å². The third-order valence-corrected chi connectivity index (χ3v) is 7.74. The smallest absolute Gasteiger partial charge is 0.465 e. The van der Waals surface area contributed by atoms with Gasteiger partial charge in [0.25, 0.3) is 0 Å². The first-order chi connectivity index (χ1) is 17.4. The number of carboxylic acid groups (broad SMARTS) is 1. The van der Waals surface area contributed by atoms with Crippen LogP contribution in [0.1, 0.15) is 52.7 Å². The second kappa shape index (κ2) is 12.0. The number of amides is 1. The van der Waals surface area contributed by atoms with Crippen LogP contribution in [0, 0.1) is 0 Å². The summed E-state index contributed by atoms with van der Waals surface area (Å²) in [6.07, 6.45) is -3.08. The zero-order chi connectivity index (χ0) is 27.2. The Kier molecular flexibility index (Phi) is 9.19.